The molecule has 0 aromatic carbocycles. The summed E-state index contributed by atoms with van der Waals surface area (Å²) in [5, 5.41) is 3.27. The molecule has 1 saturated carbocycles. The molecule has 1 aromatic heterocycles. The van der Waals surface area contributed by atoms with Gasteiger partial charge in [-0.2, -0.15) is 0 Å². The molecule has 3 rings (SSSR count). The highest BCUT2D eigenvalue weighted by molar-refractivity contribution is 5.53. The van der Waals surface area contributed by atoms with E-state index in [2.05, 4.69) is 21.3 Å². The first-order valence-electron chi connectivity index (χ1n) is 7.74. The van der Waals surface area contributed by atoms with Crippen molar-refractivity contribution in [2.45, 2.75) is 51.1 Å². The molecule has 1 aliphatic heterocycles. The van der Waals surface area contributed by atoms with Gasteiger partial charge in [-0.25, -0.2) is 0 Å². The number of aromatic nitrogens is 1. The zero-order valence-corrected chi connectivity index (χ0v) is 11.9. The van der Waals surface area contributed by atoms with Crippen molar-refractivity contribution in [2.75, 3.05) is 18.5 Å². The Labute approximate surface area is 116 Å². The Balaban J connectivity index is 1.87. The largest absolute Gasteiger partial charge is 0.368 e. The summed E-state index contributed by atoms with van der Waals surface area (Å²) in [4.78, 5) is 6.98. The van der Waals surface area contributed by atoms with Crippen molar-refractivity contribution in [2.24, 2.45) is 5.92 Å². The fraction of sp³-hybridized carbons (Fsp3) is 0.688. The van der Waals surface area contributed by atoms with Crippen LogP contribution in [0.5, 0.6) is 0 Å². The van der Waals surface area contributed by atoms with Crippen LogP contribution in [0.3, 0.4) is 0 Å². The lowest BCUT2D eigenvalue weighted by atomic mass is 9.78. The Hall–Kier alpha value is -1.09. The van der Waals surface area contributed by atoms with Crippen LogP contribution in [0.15, 0.2) is 18.5 Å². The maximum absolute atomic E-state index is 4.30. The van der Waals surface area contributed by atoms with Gasteiger partial charge in [-0.15, -0.1) is 0 Å². The van der Waals surface area contributed by atoms with Crippen LogP contribution in [0.4, 0.5) is 5.69 Å². The standard InChI is InChI=1S/C16H25N3/c1-17-11-14-12-18-9-8-16(14)19-10-4-6-13-5-2-3-7-15(13)19/h8-9,12-13,15,17H,2-7,10-11H2,1H3/t13-,15-/m1/s1. The lowest BCUT2D eigenvalue weighted by molar-refractivity contribution is 0.243. The van der Waals surface area contributed by atoms with Gasteiger partial charge in [-0.3, -0.25) is 4.98 Å². The van der Waals surface area contributed by atoms with E-state index in [1.165, 1.54) is 56.3 Å². The highest BCUT2D eigenvalue weighted by atomic mass is 15.2. The van der Waals surface area contributed by atoms with E-state index >= 15 is 0 Å². The second-order valence-corrected chi connectivity index (χ2v) is 5.98. The molecule has 0 radical (unpaired) electrons. The number of rotatable bonds is 3. The van der Waals surface area contributed by atoms with Gasteiger partial charge < -0.3 is 10.2 Å². The number of anilines is 1. The zero-order chi connectivity index (χ0) is 13.1. The second-order valence-electron chi connectivity index (χ2n) is 5.98. The molecule has 1 aromatic rings. The molecule has 0 amide bonds. The Kier molecular flexibility index (Phi) is 4.02. The third kappa shape index (κ3) is 2.62. The van der Waals surface area contributed by atoms with Crippen LogP contribution in [-0.4, -0.2) is 24.6 Å². The fourth-order valence-electron chi connectivity index (χ4n) is 3.95. The van der Waals surface area contributed by atoms with Crippen molar-refractivity contribution in [3.63, 3.8) is 0 Å². The highest BCUT2D eigenvalue weighted by Gasteiger charge is 2.33. The minimum atomic E-state index is 0.778. The summed E-state index contributed by atoms with van der Waals surface area (Å²) in [5.41, 5.74) is 2.76. The third-order valence-corrected chi connectivity index (χ3v) is 4.80. The SMILES string of the molecule is CNCc1cnccc1N1CCC[C@H]2CCCC[C@H]21. The molecule has 0 unspecified atom stereocenters. The molecule has 2 aliphatic rings. The van der Waals surface area contributed by atoms with Gasteiger partial charge >= 0.3 is 0 Å². The summed E-state index contributed by atoms with van der Waals surface area (Å²) < 4.78 is 0. The molecule has 104 valence electrons. The monoisotopic (exact) mass is 259 g/mol. The smallest absolute Gasteiger partial charge is 0.0445 e. The molecule has 19 heavy (non-hydrogen) atoms. The van der Waals surface area contributed by atoms with Crippen molar-refractivity contribution in [3.8, 4) is 0 Å². The van der Waals surface area contributed by atoms with Crippen molar-refractivity contribution < 1.29 is 0 Å². The van der Waals surface area contributed by atoms with Crippen LogP contribution < -0.4 is 10.2 Å². The fourth-order valence-corrected chi connectivity index (χ4v) is 3.95. The van der Waals surface area contributed by atoms with Crippen LogP contribution >= 0.6 is 0 Å². The Morgan fingerprint density at radius 3 is 3.00 bits per heavy atom. The lowest BCUT2D eigenvalue weighted by Gasteiger charge is -2.46. The Morgan fingerprint density at radius 2 is 2.11 bits per heavy atom. The molecule has 3 nitrogen and oxygen atoms in total. The number of pyridine rings is 1. The molecule has 1 N–H and O–H groups in total. The summed E-state index contributed by atoms with van der Waals surface area (Å²) >= 11 is 0. The summed E-state index contributed by atoms with van der Waals surface area (Å²) in [6.45, 7) is 2.14. The number of nitrogens with zero attached hydrogens (tertiary/aromatic N) is 2. The average molecular weight is 259 g/mol. The van der Waals surface area contributed by atoms with E-state index in [4.69, 9.17) is 0 Å². The molecule has 1 saturated heterocycles. The number of piperidine rings is 1. The van der Waals surface area contributed by atoms with E-state index in [1.54, 1.807) is 0 Å². The highest BCUT2D eigenvalue weighted by Crippen LogP contribution is 2.38. The number of nitrogens with one attached hydrogen (secondary N) is 1. The van der Waals surface area contributed by atoms with Crippen LogP contribution in [0, 0.1) is 5.92 Å². The molecule has 2 atom stereocenters. The molecule has 1 aliphatic carbocycles. The quantitative estimate of drug-likeness (QED) is 0.904. The molecule has 2 heterocycles. The van der Waals surface area contributed by atoms with Crippen LogP contribution in [0.1, 0.15) is 44.1 Å². The first kappa shape index (κ1) is 12.9. The average Bonchev–Trinajstić information content (AvgIpc) is 2.48. The number of hydrogen-bond acceptors (Lipinski definition) is 3. The summed E-state index contributed by atoms with van der Waals surface area (Å²) in [7, 11) is 2.01. The lowest BCUT2D eigenvalue weighted by Crippen LogP contribution is -2.47. The van der Waals surface area contributed by atoms with Gasteiger partial charge in [0.05, 0.1) is 0 Å². The Morgan fingerprint density at radius 1 is 1.26 bits per heavy atom. The van der Waals surface area contributed by atoms with E-state index < -0.39 is 0 Å². The van der Waals surface area contributed by atoms with Gasteiger partial charge in [0.1, 0.15) is 0 Å². The molecular weight excluding hydrogens is 234 g/mol. The molecule has 3 heteroatoms. The summed E-state index contributed by atoms with van der Waals surface area (Å²) in [6.07, 6.45) is 12.4. The number of fused-ring (bicyclic) bond motifs is 1. The molecule has 2 fully saturated rings. The molecule has 0 spiro atoms. The predicted octanol–water partition coefficient (Wildman–Crippen LogP) is 2.96. The summed E-state index contributed by atoms with van der Waals surface area (Å²) in [5.74, 6) is 0.929. The predicted molar refractivity (Wildman–Crippen MR) is 79.3 cm³/mol. The van der Waals surface area contributed by atoms with E-state index in [-0.39, 0.29) is 0 Å². The topological polar surface area (TPSA) is 28.2 Å². The van der Waals surface area contributed by atoms with E-state index in [0.29, 0.717) is 0 Å². The zero-order valence-electron chi connectivity index (χ0n) is 11.9. The van der Waals surface area contributed by atoms with E-state index in [0.717, 1.165) is 18.5 Å². The Bertz CT molecular complexity index is 416. The van der Waals surface area contributed by atoms with Crippen LogP contribution in [0.2, 0.25) is 0 Å². The van der Waals surface area contributed by atoms with Gasteiger partial charge in [0.25, 0.3) is 0 Å². The maximum atomic E-state index is 4.30. The van der Waals surface area contributed by atoms with Crippen LogP contribution in [0.25, 0.3) is 0 Å². The van der Waals surface area contributed by atoms with Gasteiger partial charge in [0.15, 0.2) is 0 Å². The number of hydrogen-bond donors (Lipinski definition) is 1. The third-order valence-electron chi connectivity index (χ3n) is 4.80. The van der Waals surface area contributed by atoms with Crippen molar-refractivity contribution >= 4 is 5.69 Å². The second kappa shape index (κ2) is 5.91. The van der Waals surface area contributed by atoms with Crippen molar-refractivity contribution in [1.29, 1.82) is 0 Å². The maximum Gasteiger partial charge on any atom is 0.0445 e. The van der Waals surface area contributed by atoms with Gasteiger partial charge in [0, 0.05) is 42.8 Å². The van der Waals surface area contributed by atoms with Crippen LogP contribution in [-0.2, 0) is 6.54 Å². The van der Waals surface area contributed by atoms with Gasteiger partial charge in [-0.05, 0) is 44.7 Å². The minimum Gasteiger partial charge on any atom is -0.368 e. The molecule has 0 bridgehead atoms. The summed E-state index contributed by atoms with van der Waals surface area (Å²) in [6, 6.07) is 2.99. The first-order chi connectivity index (χ1) is 9.40. The van der Waals surface area contributed by atoms with E-state index in [1.807, 2.05) is 19.4 Å². The van der Waals surface area contributed by atoms with Crippen molar-refractivity contribution in [3.05, 3.63) is 24.0 Å². The van der Waals surface area contributed by atoms with Crippen molar-refractivity contribution in [1.82, 2.24) is 10.3 Å². The molecular formula is C16H25N3. The van der Waals surface area contributed by atoms with E-state index in [9.17, 15) is 0 Å². The minimum absolute atomic E-state index is 0.778. The normalized spacial score (nSPS) is 27.1. The van der Waals surface area contributed by atoms with Gasteiger partial charge in [-0.1, -0.05) is 12.8 Å². The first-order valence-corrected chi connectivity index (χ1v) is 7.74. The van der Waals surface area contributed by atoms with Gasteiger partial charge in [0.2, 0.25) is 0 Å².